The van der Waals surface area contributed by atoms with E-state index in [9.17, 15) is 4.39 Å². The first-order valence-corrected chi connectivity index (χ1v) is 11.4. The van der Waals surface area contributed by atoms with Crippen molar-refractivity contribution in [2.24, 2.45) is 0 Å². The van der Waals surface area contributed by atoms with Gasteiger partial charge in [-0.3, -0.25) is 4.57 Å². The molecule has 1 aliphatic heterocycles. The summed E-state index contributed by atoms with van der Waals surface area (Å²) < 4.78 is 15.4. The molecule has 1 fully saturated rings. The van der Waals surface area contributed by atoms with Crippen LogP contribution in [-0.4, -0.2) is 56.6 Å². The highest BCUT2D eigenvalue weighted by Gasteiger charge is 2.21. The summed E-state index contributed by atoms with van der Waals surface area (Å²) in [6, 6.07) is 16.7. The van der Waals surface area contributed by atoms with Crippen LogP contribution in [0.5, 0.6) is 0 Å². The van der Waals surface area contributed by atoms with Crippen LogP contribution in [0.15, 0.2) is 67.0 Å². The lowest BCUT2D eigenvalue weighted by Crippen LogP contribution is -2.41. The van der Waals surface area contributed by atoms with Crippen LogP contribution in [0.4, 0.5) is 16.2 Å². The van der Waals surface area contributed by atoms with Gasteiger partial charge in [-0.25, -0.2) is 19.3 Å². The highest BCUT2D eigenvalue weighted by atomic mass is 19.1. The minimum atomic E-state index is -0.229. The van der Waals surface area contributed by atoms with Gasteiger partial charge >= 0.3 is 0 Å². The van der Waals surface area contributed by atoms with Gasteiger partial charge in [-0.05, 0) is 54.8 Å². The Balaban J connectivity index is 1.20. The molecule has 1 saturated heterocycles. The van der Waals surface area contributed by atoms with Crippen LogP contribution in [0.3, 0.4) is 0 Å². The quantitative estimate of drug-likeness (QED) is 0.427. The third-order valence-electron chi connectivity index (χ3n) is 6.08. The topological polar surface area (TPSA) is 70.9 Å². The maximum atomic E-state index is 13.3. The van der Waals surface area contributed by atoms with Crippen molar-refractivity contribution in [1.82, 2.24) is 24.4 Å². The summed E-state index contributed by atoms with van der Waals surface area (Å²) in [4.78, 5) is 16.1. The predicted octanol–water partition coefficient (Wildman–Crippen LogP) is 4.00. The van der Waals surface area contributed by atoms with E-state index in [2.05, 4.69) is 30.1 Å². The van der Waals surface area contributed by atoms with E-state index in [1.54, 1.807) is 12.4 Å². The molecule has 0 amide bonds. The summed E-state index contributed by atoms with van der Waals surface area (Å²) in [6.07, 6.45) is 5.69. The van der Waals surface area contributed by atoms with Crippen LogP contribution in [0.25, 0.3) is 11.2 Å². The van der Waals surface area contributed by atoms with Gasteiger partial charge in [0.15, 0.2) is 5.65 Å². The Labute approximate surface area is 192 Å². The van der Waals surface area contributed by atoms with Crippen LogP contribution in [-0.2, 0) is 6.54 Å². The number of pyridine rings is 2. The normalized spacial score (nSPS) is 15.1. The molecule has 0 saturated carbocycles. The van der Waals surface area contributed by atoms with Crippen molar-refractivity contribution in [3.05, 3.63) is 78.4 Å². The number of hydrogen-bond acceptors (Lipinski definition) is 6. The molecule has 170 valence electrons. The van der Waals surface area contributed by atoms with Crippen molar-refractivity contribution in [1.29, 1.82) is 0 Å². The Hall–Kier alpha value is -3.52. The molecule has 2 N–H and O–H groups in total. The summed E-state index contributed by atoms with van der Waals surface area (Å²) >= 11 is 0. The zero-order chi connectivity index (χ0) is 22.5. The number of nitrogens with one attached hydrogen (secondary N) is 2. The number of halogens is 1. The second-order valence-corrected chi connectivity index (χ2v) is 8.40. The fraction of sp³-hybridized carbons (Fsp3) is 0.320. The van der Waals surface area contributed by atoms with Crippen LogP contribution < -0.4 is 10.6 Å². The molecule has 1 aromatic carbocycles. The molecule has 3 aromatic heterocycles. The van der Waals surface area contributed by atoms with Gasteiger partial charge in [0.1, 0.15) is 17.2 Å². The van der Waals surface area contributed by atoms with Gasteiger partial charge in [0.2, 0.25) is 5.95 Å². The van der Waals surface area contributed by atoms with Crippen LogP contribution in [0, 0.1) is 5.82 Å². The number of imidazole rings is 1. The van der Waals surface area contributed by atoms with Crippen LogP contribution in [0.1, 0.15) is 18.4 Å². The zero-order valence-electron chi connectivity index (χ0n) is 18.5. The SMILES string of the molecule is Fc1ccc(Cn2c(NC3CCN(CCNc4ccccn4)CC3)nc3cccnc32)cc1. The number of piperidine rings is 1. The number of anilines is 2. The first-order chi connectivity index (χ1) is 16.2. The second kappa shape index (κ2) is 9.95. The number of aromatic nitrogens is 4. The number of benzene rings is 1. The third kappa shape index (κ3) is 5.28. The maximum Gasteiger partial charge on any atom is 0.205 e. The number of rotatable bonds is 8. The van der Waals surface area contributed by atoms with Gasteiger partial charge < -0.3 is 15.5 Å². The van der Waals surface area contributed by atoms with Gasteiger partial charge in [-0.2, -0.15) is 0 Å². The molecular formula is C25H28FN7. The van der Waals surface area contributed by atoms with Crippen molar-refractivity contribution in [2.45, 2.75) is 25.4 Å². The lowest BCUT2D eigenvalue weighted by Gasteiger charge is -2.32. The number of fused-ring (bicyclic) bond motifs is 1. The highest BCUT2D eigenvalue weighted by molar-refractivity contribution is 5.74. The van der Waals surface area contributed by atoms with Crippen LogP contribution >= 0.6 is 0 Å². The molecule has 0 unspecified atom stereocenters. The van der Waals surface area contributed by atoms with E-state index in [0.717, 1.165) is 67.5 Å². The Morgan fingerprint density at radius 2 is 1.76 bits per heavy atom. The van der Waals surface area contributed by atoms with Crippen molar-refractivity contribution in [3.8, 4) is 0 Å². The average Bonchev–Trinajstić information content (AvgIpc) is 3.19. The molecule has 0 radical (unpaired) electrons. The van der Waals surface area contributed by atoms with Gasteiger partial charge in [-0.1, -0.05) is 18.2 Å². The second-order valence-electron chi connectivity index (χ2n) is 8.40. The smallest absolute Gasteiger partial charge is 0.205 e. The molecule has 4 aromatic rings. The van der Waals surface area contributed by atoms with E-state index >= 15 is 0 Å². The zero-order valence-corrected chi connectivity index (χ0v) is 18.5. The summed E-state index contributed by atoms with van der Waals surface area (Å²) in [7, 11) is 0. The van der Waals surface area contributed by atoms with Gasteiger partial charge in [0.25, 0.3) is 0 Å². The van der Waals surface area contributed by atoms with Gasteiger partial charge in [-0.15, -0.1) is 0 Å². The Morgan fingerprint density at radius 1 is 0.939 bits per heavy atom. The number of likely N-dealkylation sites (tertiary alicyclic amines) is 1. The molecular weight excluding hydrogens is 417 g/mol. The number of hydrogen-bond donors (Lipinski definition) is 2. The fourth-order valence-corrected chi connectivity index (χ4v) is 4.28. The van der Waals surface area contributed by atoms with Crippen molar-refractivity contribution in [3.63, 3.8) is 0 Å². The molecule has 33 heavy (non-hydrogen) atoms. The highest BCUT2D eigenvalue weighted by Crippen LogP contribution is 2.22. The molecule has 1 aliphatic rings. The summed E-state index contributed by atoms with van der Waals surface area (Å²) in [5.74, 6) is 1.51. The third-order valence-corrected chi connectivity index (χ3v) is 6.08. The molecule has 0 aliphatic carbocycles. The van der Waals surface area contributed by atoms with E-state index in [1.165, 1.54) is 12.1 Å². The average molecular weight is 446 g/mol. The summed E-state index contributed by atoms with van der Waals surface area (Å²) in [5, 5.41) is 7.04. The lowest BCUT2D eigenvalue weighted by molar-refractivity contribution is 0.226. The van der Waals surface area contributed by atoms with E-state index in [0.29, 0.717) is 12.6 Å². The largest absolute Gasteiger partial charge is 0.369 e. The molecule has 4 heterocycles. The van der Waals surface area contributed by atoms with Crippen molar-refractivity contribution < 1.29 is 4.39 Å². The van der Waals surface area contributed by atoms with Crippen molar-refractivity contribution >= 4 is 22.9 Å². The molecule has 5 rings (SSSR count). The van der Waals surface area contributed by atoms with Gasteiger partial charge in [0, 0.05) is 44.6 Å². The van der Waals surface area contributed by atoms with E-state index in [1.807, 2.05) is 42.5 Å². The number of nitrogens with zero attached hydrogens (tertiary/aromatic N) is 5. The van der Waals surface area contributed by atoms with E-state index in [4.69, 9.17) is 4.98 Å². The molecule has 0 spiro atoms. The molecule has 7 nitrogen and oxygen atoms in total. The predicted molar refractivity (Wildman–Crippen MR) is 129 cm³/mol. The summed E-state index contributed by atoms with van der Waals surface area (Å²) in [6.45, 7) is 4.55. The summed E-state index contributed by atoms with van der Waals surface area (Å²) in [5.41, 5.74) is 2.71. The van der Waals surface area contributed by atoms with Crippen molar-refractivity contribution in [2.75, 3.05) is 36.8 Å². The molecule has 0 bridgehead atoms. The lowest BCUT2D eigenvalue weighted by atomic mass is 10.1. The molecule has 0 atom stereocenters. The first-order valence-electron chi connectivity index (χ1n) is 11.4. The Kier molecular flexibility index (Phi) is 6.44. The van der Waals surface area contributed by atoms with E-state index < -0.39 is 0 Å². The maximum absolute atomic E-state index is 13.3. The Bertz CT molecular complexity index is 1170. The molecule has 8 heteroatoms. The first kappa shape index (κ1) is 21.3. The van der Waals surface area contributed by atoms with Gasteiger partial charge in [0.05, 0.1) is 6.54 Å². The fourth-order valence-electron chi connectivity index (χ4n) is 4.28. The monoisotopic (exact) mass is 445 g/mol. The Morgan fingerprint density at radius 3 is 2.55 bits per heavy atom. The minimum absolute atomic E-state index is 0.229. The van der Waals surface area contributed by atoms with Crippen LogP contribution in [0.2, 0.25) is 0 Å². The minimum Gasteiger partial charge on any atom is -0.369 e. The van der Waals surface area contributed by atoms with E-state index in [-0.39, 0.29) is 5.82 Å². The standard InChI is InChI=1S/C25H28FN7/c26-20-8-6-19(7-9-20)18-33-24-22(4-3-13-29-24)31-25(33)30-21-10-15-32(16-11-21)17-14-28-23-5-1-2-12-27-23/h1-9,12-13,21H,10-11,14-18H2,(H,27,28)(H,30,31).